The molecule has 0 atom stereocenters. The molecule has 0 radical (unpaired) electrons. The molecule has 0 unspecified atom stereocenters. The predicted octanol–water partition coefficient (Wildman–Crippen LogP) is 4.25. The zero-order chi connectivity index (χ0) is 18.8. The Hall–Kier alpha value is -1.87. The van der Waals surface area contributed by atoms with Crippen LogP contribution in [-0.4, -0.2) is 27.2 Å². The fraction of sp³-hybridized carbons (Fsp3) is 0.188. The van der Waals surface area contributed by atoms with Gasteiger partial charge in [0.1, 0.15) is 5.82 Å². The fourth-order valence-electron chi connectivity index (χ4n) is 2.14. The number of hydrogen-bond donors (Lipinski definition) is 0. The Morgan fingerprint density at radius 2 is 1.76 bits per heavy atom. The van der Waals surface area contributed by atoms with Gasteiger partial charge in [-0.1, -0.05) is 15.9 Å². The number of nitrogens with zero attached hydrogens (tertiary/aromatic N) is 1. The minimum absolute atomic E-state index is 0.103. The molecule has 0 amide bonds. The van der Waals surface area contributed by atoms with E-state index in [1.807, 2.05) is 0 Å². The molecule has 25 heavy (non-hydrogen) atoms. The summed E-state index contributed by atoms with van der Waals surface area (Å²) >= 11 is 3.14. The molecule has 0 saturated heterocycles. The second-order valence-electron chi connectivity index (χ2n) is 5.10. The zero-order valence-electron chi connectivity index (χ0n) is 12.9. The fourth-order valence-corrected chi connectivity index (χ4v) is 4.13. The summed E-state index contributed by atoms with van der Waals surface area (Å²) in [5.74, 6) is -1.01. The molecule has 0 N–H and O–H groups in total. The summed E-state index contributed by atoms with van der Waals surface area (Å²) in [7, 11) is -4.38. The lowest BCUT2D eigenvalue weighted by atomic mass is 10.1. The summed E-state index contributed by atoms with van der Waals surface area (Å²) in [5, 5.41) is 0. The standard InChI is InChI=1S/C16H13BrF3NO3S/c1-10(22)14-8-13(6-7-15(14)17)25(23,24)21(9-16(19)20)12-4-2-11(18)3-5-12/h2-8,16H,9H2,1H3. The summed E-state index contributed by atoms with van der Waals surface area (Å²) in [5.41, 5.74) is 0.00571. The van der Waals surface area contributed by atoms with Gasteiger partial charge in [-0.25, -0.2) is 21.6 Å². The average Bonchev–Trinajstić information content (AvgIpc) is 2.53. The van der Waals surface area contributed by atoms with Crippen molar-refractivity contribution >= 4 is 37.4 Å². The monoisotopic (exact) mass is 435 g/mol. The van der Waals surface area contributed by atoms with E-state index in [-0.39, 0.29) is 21.9 Å². The van der Waals surface area contributed by atoms with Gasteiger partial charge in [-0.3, -0.25) is 9.10 Å². The highest BCUT2D eigenvalue weighted by Gasteiger charge is 2.28. The Bertz CT molecular complexity index is 886. The van der Waals surface area contributed by atoms with Gasteiger partial charge in [0.15, 0.2) is 5.78 Å². The minimum Gasteiger partial charge on any atom is -0.294 e. The van der Waals surface area contributed by atoms with E-state index < -0.39 is 28.8 Å². The molecule has 0 fully saturated rings. The summed E-state index contributed by atoms with van der Waals surface area (Å²) < 4.78 is 65.4. The summed E-state index contributed by atoms with van der Waals surface area (Å²) in [6.45, 7) is 0.160. The third-order valence-corrected chi connectivity index (χ3v) is 5.80. The topological polar surface area (TPSA) is 54.5 Å². The predicted molar refractivity (Wildman–Crippen MR) is 91.1 cm³/mol. The number of rotatable bonds is 6. The maximum atomic E-state index is 13.1. The van der Waals surface area contributed by atoms with Crippen molar-refractivity contribution in [2.24, 2.45) is 0 Å². The molecule has 0 aliphatic heterocycles. The molecule has 0 aliphatic carbocycles. The van der Waals surface area contributed by atoms with Crippen molar-refractivity contribution in [1.82, 2.24) is 0 Å². The second-order valence-corrected chi connectivity index (χ2v) is 7.82. The zero-order valence-corrected chi connectivity index (χ0v) is 15.3. The molecule has 0 heterocycles. The van der Waals surface area contributed by atoms with Crippen LogP contribution < -0.4 is 4.31 Å². The number of carbonyl (C=O) groups is 1. The van der Waals surface area contributed by atoms with Crippen molar-refractivity contribution in [3.63, 3.8) is 0 Å². The van der Waals surface area contributed by atoms with E-state index in [1.165, 1.54) is 19.1 Å². The Balaban J connectivity index is 2.57. The van der Waals surface area contributed by atoms with Gasteiger partial charge in [-0.15, -0.1) is 0 Å². The SMILES string of the molecule is CC(=O)c1cc(S(=O)(=O)N(CC(F)F)c2ccc(F)cc2)ccc1Br. The molecular weight excluding hydrogens is 423 g/mol. The third-order valence-electron chi connectivity index (χ3n) is 3.32. The van der Waals surface area contributed by atoms with Crippen molar-refractivity contribution in [2.75, 3.05) is 10.8 Å². The first-order valence-corrected chi connectivity index (χ1v) is 9.23. The van der Waals surface area contributed by atoms with Gasteiger partial charge in [0.2, 0.25) is 0 Å². The number of halogens is 4. The van der Waals surface area contributed by atoms with Crippen LogP contribution in [0.5, 0.6) is 0 Å². The van der Waals surface area contributed by atoms with Gasteiger partial charge in [0.25, 0.3) is 16.4 Å². The van der Waals surface area contributed by atoms with Crippen molar-refractivity contribution < 1.29 is 26.4 Å². The summed E-state index contributed by atoms with van der Waals surface area (Å²) in [4.78, 5) is 11.3. The van der Waals surface area contributed by atoms with Gasteiger partial charge >= 0.3 is 0 Å². The molecule has 2 aromatic rings. The van der Waals surface area contributed by atoms with Crippen molar-refractivity contribution in [3.8, 4) is 0 Å². The van der Waals surface area contributed by atoms with Crippen LogP contribution >= 0.6 is 15.9 Å². The van der Waals surface area contributed by atoms with E-state index in [9.17, 15) is 26.4 Å². The maximum absolute atomic E-state index is 13.1. The lowest BCUT2D eigenvalue weighted by Crippen LogP contribution is -2.35. The lowest BCUT2D eigenvalue weighted by molar-refractivity contribution is 0.101. The maximum Gasteiger partial charge on any atom is 0.264 e. The molecular formula is C16H13BrF3NO3S. The van der Waals surface area contributed by atoms with Crippen LogP contribution in [0, 0.1) is 5.82 Å². The lowest BCUT2D eigenvalue weighted by Gasteiger charge is -2.24. The molecule has 0 saturated carbocycles. The number of hydrogen-bond acceptors (Lipinski definition) is 3. The quantitative estimate of drug-likeness (QED) is 0.637. The Morgan fingerprint density at radius 3 is 2.28 bits per heavy atom. The van der Waals surface area contributed by atoms with Gasteiger partial charge in [0, 0.05) is 10.0 Å². The Morgan fingerprint density at radius 1 is 1.16 bits per heavy atom. The first-order chi connectivity index (χ1) is 11.6. The first kappa shape index (κ1) is 19.5. The smallest absolute Gasteiger partial charge is 0.264 e. The molecule has 2 rings (SSSR count). The number of carbonyl (C=O) groups excluding carboxylic acids is 1. The molecule has 0 spiro atoms. The van der Waals surface area contributed by atoms with Crippen molar-refractivity contribution in [2.45, 2.75) is 18.2 Å². The number of benzene rings is 2. The molecule has 0 bridgehead atoms. The molecule has 4 nitrogen and oxygen atoms in total. The van der Waals surface area contributed by atoms with E-state index in [1.54, 1.807) is 0 Å². The van der Waals surface area contributed by atoms with Crippen molar-refractivity contribution in [1.29, 1.82) is 0 Å². The van der Waals surface area contributed by atoms with E-state index in [0.717, 1.165) is 30.3 Å². The summed E-state index contributed by atoms with van der Waals surface area (Å²) in [6, 6.07) is 7.82. The van der Waals surface area contributed by atoms with Crippen LogP contribution in [0.3, 0.4) is 0 Å². The van der Waals surface area contributed by atoms with Crippen LogP contribution in [0.4, 0.5) is 18.9 Å². The number of ketones is 1. The van der Waals surface area contributed by atoms with Gasteiger partial charge in [-0.2, -0.15) is 0 Å². The Labute approximate surface area is 151 Å². The Kier molecular flexibility index (Phi) is 5.89. The first-order valence-electron chi connectivity index (χ1n) is 7.00. The number of sulfonamides is 1. The molecule has 9 heteroatoms. The molecule has 2 aromatic carbocycles. The highest BCUT2D eigenvalue weighted by molar-refractivity contribution is 9.10. The van der Waals surface area contributed by atoms with Crippen molar-refractivity contribution in [3.05, 3.63) is 58.3 Å². The highest BCUT2D eigenvalue weighted by Crippen LogP contribution is 2.28. The van der Waals surface area contributed by atoms with Crippen LogP contribution in [0.25, 0.3) is 0 Å². The molecule has 0 aromatic heterocycles. The van der Waals surface area contributed by atoms with Crippen LogP contribution in [0.2, 0.25) is 0 Å². The highest BCUT2D eigenvalue weighted by atomic mass is 79.9. The van der Waals surface area contributed by atoms with Gasteiger partial charge in [-0.05, 0) is 49.4 Å². The largest absolute Gasteiger partial charge is 0.294 e. The van der Waals surface area contributed by atoms with E-state index in [2.05, 4.69) is 15.9 Å². The van der Waals surface area contributed by atoms with E-state index >= 15 is 0 Å². The van der Waals surface area contributed by atoms with E-state index in [4.69, 9.17) is 0 Å². The minimum atomic E-state index is -4.38. The number of alkyl halides is 2. The summed E-state index contributed by atoms with van der Waals surface area (Å²) in [6.07, 6.45) is -2.94. The van der Waals surface area contributed by atoms with Crippen LogP contribution in [0.1, 0.15) is 17.3 Å². The molecule has 134 valence electrons. The second kappa shape index (κ2) is 7.57. The number of anilines is 1. The normalized spacial score (nSPS) is 11.6. The third kappa shape index (κ3) is 4.40. The molecule has 0 aliphatic rings. The van der Waals surface area contributed by atoms with Gasteiger partial charge in [0.05, 0.1) is 17.1 Å². The van der Waals surface area contributed by atoms with Crippen LogP contribution in [0.15, 0.2) is 51.8 Å². The van der Waals surface area contributed by atoms with Crippen LogP contribution in [-0.2, 0) is 10.0 Å². The number of Topliss-reactive ketones (excluding diaryl/α,β-unsaturated/α-hetero) is 1. The average molecular weight is 436 g/mol. The van der Waals surface area contributed by atoms with Gasteiger partial charge < -0.3 is 0 Å². The van der Waals surface area contributed by atoms with E-state index in [0.29, 0.717) is 8.78 Å².